The first kappa shape index (κ1) is 20.9. The van der Waals surface area contributed by atoms with E-state index in [-0.39, 0.29) is 24.9 Å². The lowest BCUT2D eigenvalue weighted by Gasteiger charge is -2.32. The minimum atomic E-state index is -0.645. The molecule has 0 saturated carbocycles. The van der Waals surface area contributed by atoms with Gasteiger partial charge in [-0.2, -0.15) is 0 Å². The second kappa shape index (κ2) is 8.18. The Kier molecular flexibility index (Phi) is 5.35. The summed E-state index contributed by atoms with van der Waals surface area (Å²) in [6.07, 6.45) is -0.470. The fourth-order valence-electron chi connectivity index (χ4n) is 4.16. The highest BCUT2D eigenvalue weighted by atomic mass is 16.7. The van der Waals surface area contributed by atoms with Crippen LogP contribution in [0.4, 0.5) is 4.79 Å². The number of aliphatic hydroxyl groups is 1. The van der Waals surface area contributed by atoms with Crippen molar-refractivity contribution < 1.29 is 33.6 Å². The standard InChI is InChI=1S/C24H27NO7/c1-24(2)29-13-17-10-16(6-7-19(17)32-24)21-11-25(23(27)31-21)9-8-15-4-3-5-20-22(15)30-18(12-26)14-28-20/h3-7,10,18,21,26H,8-9,11-14H2,1-2H3/t18-,21+/m1/s1. The number of benzene rings is 2. The molecule has 3 heterocycles. The second-order valence-electron chi connectivity index (χ2n) is 8.70. The van der Waals surface area contributed by atoms with E-state index in [0.717, 1.165) is 22.4 Å². The van der Waals surface area contributed by atoms with Crippen LogP contribution >= 0.6 is 0 Å². The number of rotatable bonds is 5. The summed E-state index contributed by atoms with van der Waals surface area (Å²) in [5.74, 6) is 1.45. The number of carbonyl (C=O) groups is 1. The zero-order valence-corrected chi connectivity index (χ0v) is 18.2. The molecule has 1 amide bonds. The Morgan fingerprint density at radius 2 is 2.03 bits per heavy atom. The highest BCUT2D eigenvalue weighted by Gasteiger charge is 2.34. The number of hydrogen-bond acceptors (Lipinski definition) is 7. The molecule has 1 fully saturated rings. The van der Waals surface area contributed by atoms with Gasteiger partial charge in [-0.3, -0.25) is 0 Å². The number of hydrogen-bond donors (Lipinski definition) is 1. The fraction of sp³-hybridized carbons (Fsp3) is 0.458. The molecule has 2 aromatic rings. The molecular formula is C24H27NO7. The number of para-hydroxylation sites is 1. The molecule has 32 heavy (non-hydrogen) atoms. The summed E-state index contributed by atoms with van der Waals surface area (Å²) in [6.45, 7) is 5.39. The van der Waals surface area contributed by atoms with Gasteiger partial charge in [-0.15, -0.1) is 0 Å². The van der Waals surface area contributed by atoms with E-state index in [0.29, 0.717) is 44.2 Å². The largest absolute Gasteiger partial charge is 0.486 e. The number of aliphatic hydroxyl groups excluding tert-OH is 1. The Morgan fingerprint density at radius 1 is 1.16 bits per heavy atom. The van der Waals surface area contributed by atoms with Crippen molar-refractivity contribution in [2.45, 2.75) is 44.9 Å². The van der Waals surface area contributed by atoms with E-state index in [1.165, 1.54) is 0 Å². The topological polar surface area (TPSA) is 86.7 Å². The molecule has 1 N–H and O–H groups in total. The molecule has 8 nitrogen and oxygen atoms in total. The Morgan fingerprint density at radius 3 is 2.88 bits per heavy atom. The van der Waals surface area contributed by atoms with Crippen LogP contribution in [0.25, 0.3) is 0 Å². The van der Waals surface area contributed by atoms with Gasteiger partial charge in [-0.05, 0) is 35.7 Å². The molecule has 8 heteroatoms. The number of carbonyl (C=O) groups excluding carboxylic acids is 1. The predicted molar refractivity (Wildman–Crippen MR) is 114 cm³/mol. The van der Waals surface area contributed by atoms with E-state index in [2.05, 4.69) is 0 Å². The molecule has 2 atom stereocenters. The molecule has 0 aliphatic carbocycles. The molecule has 170 valence electrons. The zero-order valence-electron chi connectivity index (χ0n) is 18.2. The smallest absolute Gasteiger partial charge is 0.410 e. The monoisotopic (exact) mass is 441 g/mol. The summed E-state index contributed by atoms with van der Waals surface area (Å²) in [5, 5.41) is 9.39. The summed E-state index contributed by atoms with van der Waals surface area (Å²) in [5.41, 5.74) is 2.80. The fourth-order valence-corrected chi connectivity index (χ4v) is 4.16. The van der Waals surface area contributed by atoms with E-state index >= 15 is 0 Å². The highest BCUT2D eigenvalue weighted by molar-refractivity contribution is 5.70. The molecule has 2 aromatic carbocycles. The van der Waals surface area contributed by atoms with Crippen molar-refractivity contribution in [1.82, 2.24) is 4.90 Å². The maximum Gasteiger partial charge on any atom is 0.410 e. The summed E-state index contributed by atoms with van der Waals surface area (Å²) in [7, 11) is 0. The van der Waals surface area contributed by atoms with Gasteiger partial charge in [0.05, 0.1) is 19.8 Å². The van der Waals surface area contributed by atoms with Gasteiger partial charge < -0.3 is 33.7 Å². The Balaban J connectivity index is 1.25. The first-order valence-corrected chi connectivity index (χ1v) is 10.9. The van der Waals surface area contributed by atoms with Crippen LogP contribution in [-0.2, 0) is 22.5 Å². The molecular weight excluding hydrogens is 414 g/mol. The quantitative estimate of drug-likeness (QED) is 0.763. The van der Waals surface area contributed by atoms with Crippen LogP contribution in [0.1, 0.15) is 36.6 Å². The number of fused-ring (bicyclic) bond motifs is 2. The molecule has 3 aliphatic rings. The highest BCUT2D eigenvalue weighted by Crippen LogP contribution is 2.37. The van der Waals surface area contributed by atoms with Crippen LogP contribution in [0.3, 0.4) is 0 Å². The first-order valence-electron chi connectivity index (χ1n) is 10.9. The van der Waals surface area contributed by atoms with Gasteiger partial charge in [0, 0.05) is 26.0 Å². The van der Waals surface area contributed by atoms with Crippen LogP contribution < -0.4 is 14.2 Å². The Bertz CT molecular complexity index is 1020. The lowest BCUT2D eigenvalue weighted by Crippen LogP contribution is -2.35. The number of ether oxygens (including phenoxy) is 5. The van der Waals surface area contributed by atoms with E-state index in [1.807, 2.05) is 50.2 Å². The van der Waals surface area contributed by atoms with Crippen molar-refractivity contribution in [3.8, 4) is 17.2 Å². The van der Waals surface area contributed by atoms with Crippen LogP contribution in [-0.4, -0.2) is 54.3 Å². The summed E-state index contributed by atoms with van der Waals surface area (Å²) in [4.78, 5) is 14.2. The van der Waals surface area contributed by atoms with E-state index in [9.17, 15) is 9.90 Å². The van der Waals surface area contributed by atoms with Crippen LogP contribution in [0.15, 0.2) is 36.4 Å². The molecule has 1 saturated heterocycles. The third kappa shape index (κ3) is 4.08. The van der Waals surface area contributed by atoms with E-state index in [1.54, 1.807) is 4.90 Å². The Labute approximate surface area is 186 Å². The second-order valence-corrected chi connectivity index (χ2v) is 8.70. The number of cyclic esters (lactones) is 1. The summed E-state index contributed by atoms with van der Waals surface area (Å²) in [6, 6.07) is 11.5. The third-order valence-electron chi connectivity index (χ3n) is 5.90. The van der Waals surface area contributed by atoms with Crippen molar-refractivity contribution in [3.05, 3.63) is 53.1 Å². The predicted octanol–water partition coefficient (Wildman–Crippen LogP) is 3.20. The number of nitrogens with zero attached hydrogens (tertiary/aromatic N) is 1. The summed E-state index contributed by atoms with van der Waals surface area (Å²) >= 11 is 0. The van der Waals surface area contributed by atoms with Crippen LogP contribution in [0.2, 0.25) is 0 Å². The number of amides is 1. The van der Waals surface area contributed by atoms with E-state index < -0.39 is 5.79 Å². The van der Waals surface area contributed by atoms with Gasteiger partial charge in [-0.1, -0.05) is 18.2 Å². The van der Waals surface area contributed by atoms with Crippen molar-refractivity contribution in [2.24, 2.45) is 0 Å². The normalized spacial score (nSPS) is 23.3. The molecule has 0 radical (unpaired) electrons. The lowest BCUT2D eigenvalue weighted by atomic mass is 10.0. The SMILES string of the molecule is CC1(C)OCc2cc([C@@H]3CN(CCc4cccc5c4O[C@H](CO)CO5)C(=O)O3)ccc2O1. The van der Waals surface area contributed by atoms with Crippen molar-refractivity contribution in [2.75, 3.05) is 26.3 Å². The van der Waals surface area contributed by atoms with E-state index in [4.69, 9.17) is 23.7 Å². The van der Waals surface area contributed by atoms with Crippen LogP contribution in [0.5, 0.6) is 17.2 Å². The van der Waals surface area contributed by atoms with Gasteiger partial charge in [0.15, 0.2) is 17.6 Å². The Hall–Kier alpha value is -2.97. The maximum atomic E-state index is 12.5. The van der Waals surface area contributed by atoms with Gasteiger partial charge in [0.25, 0.3) is 0 Å². The zero-order chi connectivity index (χ0) is 22.3. The van der Waals surface area contributed by atoms with Crippen molar-refractivity contribution in [3.63, 3.8) is 0 Å². The molecule has 0 unspecified atom stereocenters. The minimum Gasteiger partial charge on any atom is -0.486 e. The molecule has 5 rings (SSSR count). The first-order chi connectivity index (χ1) is 15.4. The summed E-state index contributed by atoms with van der Waals surface area (Å²) < 4.78 is 28.8. The molecule has 3 aliphatic heterocycles. The third-order valence-corrected chi connectivity index (χ3v) is 5.90. The molecule has 0 aromatic heterocycles. The van der Waals surface area contributed by atoms with Gasteiger partial charge in [0.2, 0.25) is 5.79 Å². The van der Waals surface area contributed by atoms with Gasteiger partial charge in [0.1, 0.15) is 18.5 Å². The van der Waals surface area contributed by atoms with Gasteiger partial charge >= 0.3 is 6.09 Å². The average molecular weight is 441 g/mol. The van der Waals surface area contributed by atoms with Crippen molar-refractivity contribution >= 4 is 6.09 Å². The molecule has 0 spiro atoms. The maximum absolute atomic E-state index is 12.5. The van der Waals surface area contributed by atoms with Crippen molar-refractivity contribution in [1.29, 1.82) is 0 Å². The minimum absolute atomic E-state index is 0.109. The molecule has 0 bridgehead atoms. The van der Waals surface area contributed by atoms with Gasteiger partial charge in [-0.25, -0.2) is 4.79 Å². The lowest BCUT2D eigenvalue weighted by molar-refractivity contribution is -0.180. The van der Waals surface area contributed by atoms with Crippen LogP contribution in [0, 0.1) is 0 Å². The average Bonchev–Trinajstić information content (AvgIpc) is 3.16.